The van der Waals surface area contributed by atoms with E-state index in [9.17, 15) is 0 Å². The molecule has 0 amide bonds. The largest absolute Gasteiger partial charge is 2.00 e. The summed E-state index contributed by atoms with van der Waals surface area (Å²) in [7, 11) is 0. The monoisotopic (exact) mass is 765 g/mol. The molecule has 0 aromatic heterocycles. The second kappa shape index (κ2) is 32.4. The van der Waals surface area contributed by atoms with Crippen LogP contribution in [0, 0.1) is 0 Å². The molecule has 0 aromatic carbocycles. The summed E-state index contributed by atoms with van der Waals surface area (Å²) in [5.41, 5.74) is 0. The van der Waals surface area contributed by atoms with Crippen molar-refractivity contribution in [1.82, 2.24) is 0 Å². The fraction of sp³-hybridized carbons (Fsp3) is 0. The molecule has 0 aliphatic carbocycles. The molecule has 0 rings (SSSR count). The van der Waals surface area contributed by atoms with Crippen LogP contribution in [0.1, 0.15) is 0 Å². The summed E-state index contributed by atoms with van der Waals surface area (Å²) in [5, 5.41) is 0. The van der Waals surface area contributed by atoms with Gasteiger partial charge in [0.1, 0.15) is 0 Å². The van der Waals surface area contributed by atoms with Crippen LogP contribution in [0.4, 0.5) is 0 Å². The Morgan fingerprint density at radius 3 is 0.444 bits per heavy atom. The van der Waals surface area contributed by atoms with Crippen molar-refractivity contribution in [3.63, 3.8) is 0 Å². The van der Waals surface area contributed by atoms with Gasteiger partial charge in [-0.1, -0.05) is 0 Å². The van der Waals surface area contributed by atoms with Crippen LogP contribution in [0.5, 0.6) is 0 Å². The zero-order valence-corrected chi connectivity index (χ0v) is 24.3. The van der Waals surface area contributed by atoms with Gasteiger partial charge in [0, 0.05) is 0 Å². The van der Waals surface area contributed by atoms with Crippen molar-refractivity contribution in [1.29, 1.82) is 0 Å². The van der Waals surface area contributed by atoms with E-state index in [1.807, 2.05) is 0 Å². The van der Waals surface area contributed by atoms with E-state index in [2.05, 4.69) is 0 Å². The quantitative estimate of drug-likeness (QED) is 0.210. The molecule has 18 heavy (non-hydrogen) atoms. The predicted molar refractivity (Wildman–Crippen MR) is 11.2 cm³/mol. The molecule has 0 aliphatic rings. The Hall–Kier alpha value is 3.40. The molecular weight excluding hydrogens is 766 g/mol. The molecule has 0 saturated heterocycles. The molecule has 96 valence electrons. The molecule has 0 aromatic rings. The molecule has 0 radical (unpaired) electrons. The number of hydrogen-bond acceptors (Lipinski definition) is 12. The third-order valence-corrected chi connectivity index (χ3v) is 0. The van der Waals surface area contributed by atoms with Crippen molar-refractivity contribution in [2.45, 2.75) is 0 Å². The van der Waals surface area contributed by atoms with E-state index < -0.39 is 75.1 Å². The van der Waals surface area contributed by atoms with E-state index in [1.165, 1.54) is 0 Å². The fourth-order valence-corrected chi connectivity index (χ4v) is 0. The summed E-state index contributed by atoms with van der Waals surface area (Å²) < 4.78 is 103. The van der Waals surface area contributed by atoms with Crippen molar-refractivity contribution in [2.24, 2.45) is 0 Å². The summed E-state index contributed by atoms with van der Waals surface area (Å²) in [4.78, 5) is 0. The van der Waals surface area contributed by atoms with Crippen molar-refractivity contribution in [2.75, 3.05) is 0 Å². The Balaban J connectivity index is -0.0000000257. The molecule has 0 saturated carbocycles. The normalized spacial score (nSPS) is 5.56. The Morgan fingerprint density at radius 1 is 0.444 bits per heavy atom. The number of hydrogen-bond donors (Lipinski definition) is 0. The summed E-state index contributed by atoms with van der Waals surface area (Å²) in [6.45, 7) is 0. The van der Waals surface area contributed by atoms with Crippen LogP contribution < -0.4 is 14.5 Å². The summed E-state index contributed by atoms with van der Waals surface area (Å²) in [6.07, 6.45) is 0. The van der Waals surface area contributed by atoms with E-state index in [0.717, 1.165) is 0 Å². The minimum atomic E-state index is -4.20. The van der Waals surface area contributed by atoms with Crippen LogP contribution in [-0.4, -0.2) is 48.9 Å². The zero-order valence-electron chi connectivity index (χ0n) is 8.10. The second-order valence-corrected chi connectivity index (χ2v) is 5.29. The summed E-state index contributed by atoms with van der Waals surface area (Å²) >= 11 is -16.8. The third kappa shape index (κ3) is 569. The first-order chi connectivity index (χ1) is 6.93. The van der Waals surface area contributed by atoms with Crippen LogP contribution in [0.3, 0.4) is 0 Å². The average Bonchev–Trinajstić information content (AvgIpc) is 1.76. The topological polar surface area (TPSA) is 229 Å². The smallest absolute Gasteiger partial charge is 2.00 e. The van der Waals surface area contributed by atoms with Gasteiger partial charge in [0.2, 0.25) is 0 Å². The molecule has 0 unspecified atom stereocenters. The standard InChI is InChI=1S/Ba.4Nb.12O.Zn/q+2;;;;;;;;;;;;;4*-1;+2. The van der Waals surface area contributed by atoms with Crippen LogP contribution >= 0.6 is 0 Å². The number of rotatable bonds is 0. The minimum absolute atomic E-state index is 0. The van der Waals surface area contributed by atoms with Gasteiger partial charge in [-0.2, -0.15) is 0 Å². The van der Waals surface area contributed by atoms with Crippen molar-refractivity contribution < 1.29 is 135 Å². The average molecular weight is 766 g/mol. The molecule has 0 aliphatic heterocycles. The van der Waals surface area contributed by atoms with Crippen molar-refractivity contribution >= 4 is 48.9 Å². The molecule has 0 heterocycles. The molecule has 0 fully saturated rings. The Labute approximate surface area is 179 Å². The Bertz CT molecular complexity index is 298. The molecule has 18 heteroatoms. The van der Waals surface area contributed by atoms with Crippen LogP contribution in [-0.2, 0) is 121 Å². The van der Waals surface area contributed by atoms with Gasteiger partial charge in [-0.15, -0.1) is 0 Å². The van der Waals surface area contributed by atoms with Gasteiger partial charge >= 0.3 is 184 Å². The van der Waals surface area contributed by atoms with E-state index in [1.54, 1.807) is 0 Å². The van der Waals surface area contributed by atoms with Crippen LogP contribution in [0.2, 0.25) is 0 Å². The first-order valence-corrected chi connectivity index (χ1v) is 13.0. The molecule has 0 spiro atoms. The first-order valence-electron chi connectivity index (χ1n) is 2.19. The second-order valence-electron chi connectivity index (χ2n) is 0.894. The van der Waals surface area contributed by atoms with Gasteiger partial charge in [-0.3, -0.25) is 0 Å². The van der Waals surface area contributed by atoms with Crippen molar-refractivity contribution in [3.8, 4) is 0 Å². The predicted octanol–water partition coefficient (Wildman–Crippen LogP) is -6.10. The molecule has 0 N–H and O–H groups in total. The maximum atomic E-state index is 8.60. The van der Waals surface area contributed by atoms with Crippen LogP contribution in [0.15, 0.2) is 0 Å². The molecule has 0 atom stereocenters. The molecule has 12 nitrogen and oxygen atoms in total. The van der Waals surface area contributed by atoms with Gasteiger partial charge in [0.25, 0.3) is 0 Å². The maximum Gasteiger partial charge on any atom is 2.00 e. The molecular formula is BaNb4O12Zn. The van der Waals surface area contributed by atoms with Crippen molar-refractivity contribution in [3.05, 3.63) is 0 Å². The van der Waals surface area contributed by atoms with Gasteiger partial charge in [-0.05, 0) is 0 Å². The van der Waals surface area contributed by atoms with E-state index >= 15 is 0 Å². The van der Waals surface area contributed by atoms with Gasteiger partial charge < -0.3 is 0 Å². The maximum absolute atomic E-state index is 8.60. The van der Waals surface area contributed by atoms with Gasteiger partial charge in [-0.25, -0.2) is 0 Å². The summed E-state index contributed by atoms with van der Waals surface area (Å²) in [6, 6.07) is 0. The molecule has 0 bridgehead atoms. The van der Waals surface area contributed by atoms with Gasteiger partial charge in [0.15, 0.2) is 0 Å². The fourth-order valence-electron chi connectivity index (χ4n) is 0. The van der Waals surface area contributed by atoms with Gasteiger partial charge in [0.05, 0.1) is 0 Å². The van der Waals surface area contributed by atoms with E-state index in [0.29, 0.717) is 0 Å². The van der Waals surface area contributed by atoms with E-state index in [-0.39, 0.29) is 68.4 Å². The Kier molecular flexibility index (Phi) is 67.5. The Morgan fingerprint density at radius 2 is 0.444 bits per heavy atom. The first kappa shape index (κ1) is 37.5. The third-order valence-electron chi connectivity index (χ3n) is 0. The van der Waals surface area contributed by atoms with Crippen LogP contribution in [0.25, 0.3) is 0 Å². The minimum Gasteiger partial charge on any atom is 2.00 e. The summed E-state index contributed by atoms with van der Waals surface area (Å²) in [5.74, 6) is 0. The van der Waals surface area contributed by atoms with E-state index in [4.69, 9.17) is 40.5 Å². The SMILES string of the molecule is [Ba+2].[O]=[Nb](=[O])[O-].[O]=[Nb](=[O])[O-].[O]=[Nb](=[O])[O-].[O]=[Nb](=[O])[O-].[Zn+2]. The zero-order chi connectivity index (χ0) is 14.3.